The fourth-order valence-electron chi connectivity index (χ4n) is 0.816. The molecule has 0 radical (unpaired) electrons. The number of aldehydes is 1. The van der Waals surface area contributed by atoms with Crippen molar-refractivity contribution >= 4 is 12.3 Å². The number of methoxy groups -OCH3 is 1. The zero-order valence-corrected chi connectivity index (χ0v) is 6.71. The third kappa shape index (κ3) is 3.75. The Kier molecular flexibility index (Phi) is 4.41. The molecule has 0 aliphatic carbocycles. The van der Waals surface area contributed by atoms with Crippen molar-refractivity contribution < 1.29 is 15.7 Å². The van der Waals surface area contributed by atoms with E-state index in [4.69, 9.17) is 1.37 Å². The van der Waals surface area contributed by atoms with Gasteiger partial charge in [0.2, 0.25) is 0 Å². The molecule has 0 saturated heterocycles. The molecule has 0 aliphatic heterocycles. The number of carbonyl (C=O) groups excluding carboxylic acids is 2. The molecule has 0 rings (SSSR count). The molecule has 0 aromatic heterocycles. The van der Waals surface area contributed by atoms with Gasteiger partial charge in [-0.2, -0.15) is 0 Å². The molecule has 1 atom stereocenters. The Morgan fingerprint density at radius 2 is 2.55 bits per heavy atom. The summed E-state index contributed by atoms with van der Waals surface area (Å²) in [5.74, 6) is -0.596. The summed E-state index contributed by atoms with van der Waals surface area (Å²) in [7, 11) is 1.32. The summed E-state index contributed by atoms with van der Waals surface area (Å²) in [6.45, 7) is 0.193. The highest BCUT2D eigenvalue weighted by Gasteiger charge is 2.15. The maximum Gasteiger partial charge on any atom is 0.308 e. The Morgan fingerprint density at radius 3 is 3.00 bits per heavy atom. The average molecular weight is 159 g/mol. The smallest absolute Gasteiger partial charge is 0.308 e. The van der Waals surface area contributed by atoms with Gasteiger partial charge in [-0.05, 0) is 12.8 Å². The van der Waals surface area contributed by atoms with E-state index in [0.29, 0.717) is 19.3 Å². The molecule has 0 amide bonds. The minimum atomic E-state index is -0.316. The van der Waals surface area contributed by atoms with E-state index < -0.39 is 0 Å². The second-order valence-corrected chi connectivity index (χ2v) is 2.25. The largest absolute Gasteiger partial charge is 0.469 e. The first-order valence-corrected chi connectivity index (χ1v) is 3.57. The lowest BCUT2D eigenvalue weighted by atomic mass is 10.0. The molecule has 3 nitrogen and oxygen atoms in total. The molecule has 1 unspecified atom stereocenters. The Bertz CT molecular complexity index is 147. The monoisotopic (exact) mass is 159 g/mol. The predicted molar refractivity (Wildman–Crippen MR) is 41.1 cm³/mol. The minimum absolute atomic E-state index is 0.193. The number of carbonyl (C=O) groups is 2. The van der Waals surface area contributed by atoms with Gasteiger partial charge >= 0.3 is 5.97 Å². The van der Waals surface area contributed by atoms with Gasteiger partial charge in [0.05, 0.1) is 13.0 Å². The minimum Gasteiger partial charge on any atom is -0.469 e. The van der Waals surface area contributed by atoms with Crippen LogP contribution in [-0.4, -0.2) is 19.4 Å². The van der Waals surface area contributed by atoms with Crippen LogP contribution in [0.3, 0.4) is 0 Å². The molecule has 0 aromatic rings. The van der Waals surface area contributed by atoms with E-state index in [2.05, 4.69) is 4.74 Å². The van der Waals surface area contributed by atoms with Crippen molar-refractivity contribution in [3.63, 3.8) is 0 Å². The Hall–Kier alpha value is -0.860. The van der Waals surface area contributed by atoms with Crippen LogP contribution < -0.4 is 0 Å². The van der Waals surface area contributed by atoms with E-state index in [-0.39, 0.29) is 18.8 Å². The first kappa shape index (κ1) is 8.24. The second kappa shape index (κ2) is 5.89. The van der Waals surface area contributed by atoms with Gasteiger partial charge in [-0.3, -0.25) is 4.79 Å². The zero-order valence-electron chi connectivity index (χ0n) is 7.71. The normalized spacial score (nSPS) is 13.4. The summed E-state index contributed by atoms with van der Waals surface area (Å²) in [6.07, 6.45) is 2.11. The maximum atomic E-state index is 11.0. The summed E-state index contributed by atoms with van der Waals surface area (Å²) in [5, 5.41) is 0. The molecule has 64 valence electrons. The molecule has 3 heteroatoms. The lowest BCUT2D eigenvalue weighted by Gasteiger charge is -2.09. The SMILES string of the molecule is [2H]CCC(CCC=O)C(=O)OC. The van der Waals surface area contributed by atoms with Crippen LogP contribution in [0.4, 0.5) is 0 Å². The van der Waals surface area contributed by atoms with Crippen molar-refractivity contribution in [2.45, 2.75) is 26.2 Å². The van der Waals surface area contributed by atoms with E-state index in [9.17, 15) is 9.59 Å². The third-order valence-electron chi connectivity index (χ3n) is 1.52. The van der Waals surface area contributed by atoms with Crippen molar-refractivity contribution in [2.24, 2.45) is 5.92 Å². The third-order valence-corrected chi connectivity index (χ3v) is 1.52. The molecule has 0 aromatic carbocycles. The first-order valence-electron chi connectivity index (χ1n) is 4.27. The molecule has 0 aliphatic rings. The van der Waals surface area contributed by atoms with Gasteiger partial charge < -0.3 is 9.53 Å². The van der Waals surface area contributed by atoms with Gasteiger partial charge in [0, 0.05) is 7.79 Å². The zero-order chi connectivity index (χ0) is 9.40. The van der Waals surface area contributed by atoms with Crippen molar-refractivity contribution in [3.8, 4) is 0 Å². The van der Waals surface area contributed by atoms with Crippen molar-refractivity contribution in [1.29, 1.82) is 0 Å². The topological polar surface area (TPSA) is 43.4 Å². The quantitative estimate of drug-likeness (QED) is 0.446. The maximum absolute atomic E-state index is 11.0. The van der Waals surface area contributed by atoms with Gasteiger partial charge in [0.15, 0.2) is 0 Å². The standard InChI is InChI=1S/C8H14O3/c1-3-7(5-4-6-9)8(10)11-2/h6-7H,3-5H2,1-2H3/i1D. The van der Waals surface area contributed by atoms with Crippen LogP contribution in [0, 0.1) is 5.92 Å². The molecule has 0 bridgehead atoms. The van der Waals surface area contributed by atoms with E-state index in [1.807, 2.05) is 0 Å². The number of esters is 1. The van der Waals surface area contributed by atoms with Crippen LogP contribution in [-0.2, 0) is 14.3 Å². The highest BCUT2D eigenvalue weighted by molar-refractivity contribution is 5.72. The summed E-state index contributed by atoms with van der Waals surface area (Å²) in [5.41, 5.74) is 0. The number of hydrogen-bond donors (Lipinski definition) is 0. The first-order chi connectivity index (χ1) is 5.76. The molecule has 11 heavy (non-hydrogen) atoms. The van der Waals surface area contributed by atoms with Gasteiger partial charge in [-0.1, -0.05) is 6.90 Å². The molecular formula is C8H14O3. The number of ether oxygens (including phenoxy) is 1. The fourth-order valence-corrected chi connectivity index (χ4v) is 0.816. The molecule has 0 spiro atoms. The lowest BCUT2D eigenvalue weighted by molar-refractivity contribution is -0.145. The molecule has 0 saturated carbocycles. The van der Waals surface area contributed by atoms with Crippen LogP contribution in [0.25, 0.3) is 0 Å². The fraction of sp³-hybridized carbons (Fsp3) is 0.750. The van der Waals surface area contributed by atoms with Crippen molar-refractivity contribution in [3.05, 3.63) is 0 Å². The Labute approximate surface area is 68.1 Å². The van der Waals surface area contributed by atoms with Gasteiger partial charge in [-0.15, -0.1) is 0 Å². The summed E-state index contributed by atoms with van der Waals surface area (Å²) in [6, 6.07) is 0. The summed E-state index contributed by atoms with van der Waals surface area (Å²) >= 11 is 0. The lowest BCUT2D eigenvalue weighted by Crippen LogP contribution is -2.15. The van der Waals surface area contributed by atoms with Gasteiger partial charge in [0.25, 0.3) is 0 Å². The van der Waals surface area contributed by atoms with Crippen LogP contribution in [0.2, 0.25) is 0 Å². The van der Waals surface area contributed by atoms with Gasteiger partial charge in [0.1, 0.15) is 6.29 Å². The Morgan fingerprint density at radius 1 is 1.82 bits per heavy atom. The highest BCUT2D eigenvalue weighted by atomic mass is 16.5. The van der Waals surface area contributed by atoms with E-state index in [1.165, 1.54) is 7.11 Å². The molecule has 0 heterocycles. The van der Waals surface area contributed by atoms with Crippen molar-refractivity contribution in [1.82, 2.24) is 0 Å². The summed E-state index contributed by atoms with van der Waals surface area (Å²) in [4.78, 5) is 21.0. The summed E-state index contributed by atoms with van der Waals surface area (Å²) < 4.78 is 11.5. The van der Waals surface area contributed by atoms with E-state index in [0.717, 1.165) is 6.29 Å². The van der Waals surface area contributed by atoms with Crippen LogP contribution in [0.15, 0.2) is 0 Å². The molecular weight excluding hydrogens is 144 g/mol. The predicted octanol–water partition coefficient (Wildman–Crippen LogP) is 1.16. The Balaban J connectivity index is 3.84. The van der Waals surface area contributed by atoms with E-state index in [1.54, 1.807) is 0 Å². The molecule has 0 fully saturated rings. The number of rotatable bonds is 5. The van der Waals surface area contributed by atoms with E-state index >= 15 is 0 Å². The second-order valence-electron chi connectivity index (χ2n) is 2.25. The van der Waals surface area contributed by atoms with Crippen LogP contribution >= 0.6 is 0 Å². The van der Waals surface area contributed by atoms with Crippen LogP contribution in [0.5, 0.6) is 0 Å². The number of hydrogen-bond acceptors (Lipinski definition) is 3. The van der Waals surface area contributed by atoms with Crippen molar-refractivity contribution in [2.75, 3.05) is 7.11 Å². The highest BCUT2D eigenvalue weighted by Crippen LogP contribution is 2.11. The van der Waals surface area contributed by atoms with Gasteiger partial charge in [-0.25, -0.2) is 0 Å². The average Bonchev–Trinajstić information content (AvgIpc) is 2.11. The molecule has 0 N–H and O–H groups in total. The van der Waals surface area contributed by atoms with Crippen LogP contribution in [0.1, 0.15) is 27.5 Å².